The van der Waals surface area contributed by atoms with E-state index in [4.69, 9.17) is 4.52 Å². The number of rotatable bonds is 7. The SMILES string of the molecule is CC(C)c1ccc(-c2noc(CCC(=O)N(C)Cc3cnn(C)c3)n2)cc1. The largest absolute Gasteiger partial charge is 0.341 e. The van der Waals surface area contributed by atoms with Crippen LogP contribution in [0.1, 0.15) is 43.2 Å². The van der Waals surface area contributed by atoms with Gasteiger partial charge in [0.2, 0.25) is 17.6 Å². The second kappa shape index (κ2) is 8.16. The summed E-state index contributed by atoms with van der Waals surface area (Å²) < 4.78 is 7.03. The summed E-state index contributed by atoms with van der Waals surface area (Å²) in [5.74, 6) is 1.53. The fraction of sp³-hybridized carbons (Fsp3) is 0.400. The molecule has 0 bridgehead atoms. The van der Waals surface area contributed by atoms with E-state index in [9.17, 15) is 4.79 Å². The number of amides is 1. The molecule has 2 heterocycles. The molecule has 0 saturated carbocycles. The van der Waals surface area contributed by atoms with Gasteiger partial charge in [-0.05, 0) is 11.5 Å². The van der Waals surface area contributed by atoms with Crippen molar-refractivity contribution in [2.24, 2.45) is 7.05 Å². The molecule has 3 rings (SSSR count). The first-order valence-electron chi connectivity index (χ1n) is 9.07. The van der Waals surface area contributed by atoms with Crippen molar-refractivity contribution in [3.05, 3.63) is 53.7 Å². The van der Waals surface area contributed by atoms with Gasteiger partial charge in [-0.1, -0.05) is 43.3 Å². The van der Waals surface area contributed by atoms with Crippen LogP contribution in [-0.4, -0.2) is 37.8 Å². The minimum atomic E-state index is 0.0277. The van der Waals surface area contributed by atoms with Crippen molar-refractivity contribution in [3.8, 4) is 11.4 Å². The van der Waals surface area contributed by atoms with Crippen LogP contribution in [0.4, 0.5) is 0 Å². The lowest BCUT2D eigenvalue weighted by molar-refractivity contribution is -0.130. The summed E-state index contributed by atoms with van der Waals surface area (Å²) in [5, 5.41) is 8.15. The minimum Gasteiger partial charge on any atom is -0.341 e. The smallest absolute Gasteiger partial charge is 0.227 e. The van der Waals surface area contributed by atoms with E-state index < -0.39 is 0 Å². The van der Waals surface area contributed by atoms with Crippen LogP contribution < -0.4 is 0 Å². The maximum atomic E-state index is 12.3. The highest BCUT2D eigenvalue weighted by molar-refractivity contribution is 5.76. The van der Waals surface area contributed by atoms with Crippen LogP contribution in [0.5, 0.6) is 0 Å². The van der Waals surface area contributed by atoms with E-state index in [0.29, 0.717) is 37.0 Å². The third-order valence-electron chi connectivity index (χ3n) is 4.46. The van der Waals surface area contributed by atoms with Crippen molar-refractivity contribution >= 4 is 5.91 Å². The van der Waals surface area contributed by atoms with Gasteiger partial charge in [0, 0.05) is 50.8 Å². The molecule has 0 fully saturated rings. The van der Waals surface area contributed by atoms with E-state index in [-0.39, 0.29) is 5.91 Å². The fourth-order valence-electron chi connectivity index (χ4n) is 2.81. The van der Waals surface area contributed by atoms with Crippen LogP contribution >= 0.6 is 0 Å². The number of nitrogens with zero attached hydrogens (tertiary/aromatic N) is 5. The van der Waals surface area contributed by atoms with Gasteiger partial charge in [0.05, 0.1) is 6.20 Å². The highest BCUT2D eigenvalue weighted by Crippen LogP contribution is 2.20. The van der Waals surface area contributed by atoms with E-state index in [1.54, 1.807) is 22.8 Å². The summed E-state index contributed by atoms with van der Waals surface area (Å²) in [6, 6.07) is 8.15. The summed E-state index contributed by atoms with van der Waals surface area (Å²) in [6.07, 6.45) is 4.41. The van der Waals surface area contributed by atoms with Gasteiger partial charge in [-0.3, -0.25) is 9.48 Å². The van der Waals surface area contributed by atoms with E-state index in [1.165, 1.54) is 5.56 Å². The first-order valence-corrected chi connectivity index (χ1v) is 9.07. The van der Waals surface area contributed by atoms with Gasteiger partial charge < -0.3 is 9.42 Å². The van der Waals surface area contributed by atoms with Crippen LogP contribution in [0.15, 0.2) is 41.2 Å². The van der Waals surface area contributed by atoms with Crippen LogP contribution in [0.3, 0.4) is 0 Å². The molecule has 0 radical (unpaired) electrons. The predicted octanol–water partition coefficient (Wildman–Crippen LogP) is 3.18. The number of carbonyl (C=O) groups is 1. The Morgan fingerprint density at radius 2 is 2.00 bits per heavy atom. The molecule has 0 aliphatic carbocycles. The third-order valence-corrected chi connectivity index (χ3v) is 4.46. The van der Waals surface area contributed by atoms with E-state index >= 15 is 0 Å². The lowest BCUT2D eigenvalue weighted by Gasteiger charge is -2.15. The zero-order valence-corrected chi connectivity index (χ0v) is 16.2. The van der Waals surface area contributed by atoms with Crippen molar-refractivity contribution in [2.45, 2.75) is 39.2 Å². The predicted molar refractivity (Wildman–Crippen MR) is 102 cm³/mol. The van der Waals surface area contributed by atoms with E-state index in [0.717, 1.165) is 11.1 Å². The molecule has 0 saturated heterocycles. The molecule has 1 aromatic carbocycles. The Morgan fingerprint density at radius 1 is 1.26 bits per heavy atom. The molecule has 27 heavy (non-hydrogen) atoms. The van der Waals surface area contributed by atoms with Crippen molar-refractivity contribution in [1.29, 1.82) is 0 Å². The average Bonchev–Trinajstić information content (AvgIpc) is 3.28. The van der Waals surface area contributed by atoms with Crippen LogP contribution in [0.2, 0.25) is 0 Å². The number of aryl methyl sites for hydroxylation is 2. The van der Waals surface area contributed by atoms with Gasteiger partial charge in [0.1, 0.15) is 0 Å². The van der Waals surface area contributed by atoms with Crippen molar-refractivity contribution in [3.63, 3.8) is 0 Å². The summed E-state index contributed by atoms with van der Waals surface area (Å²) >= 11 is 0. The highest BCUT2D eigenvalue weighted by Gasteiger charge is 2.14. The Balaban J connectivity index is 1.55. The highest BCUT2D eigenvalue weighted by atomic mass is 16.5. The Hall–Kier alpha value is -2.96. The number of aromatic nitrogens is 4. The molecule has 0 N–H and O–H groups in total. The zero-order chi connectivity index (χ0) is 19.4. The molecule has 7 heteroatoms. The van der Waals surface area contributed by atoms with Gasteiger partial charge in [-0.2, -0.15) is 10.1 Å². The maximum Gasteiger partial charge on any atom is 0.227 e. The summed E-state index contributed by atoms with van der Waals surface area (Å²) in [4.78, 5) is 18.4. The molecule has 0 atom stereocenters. The molecule has 0 aliphatic rings. The molecular weight excluding hydrogens is 342 g/mol. The van der Waals surface area contributed by atoms with Crippen molar-refractivity contribution in [2.75, 3.05) is 7.05 Å². The molecule has 142 valence electrons. The normalized spacial score (nSPS) is 11.1. The Labute approximate surface area is 159 Å². The number of hydrogen-bond acceptors (Lipinski definition) is 5. The standard InChI is InChI=1S/C20H25N5O2/c1-14(2)16-5-7-17(8-6-16)20-22-18(27-23-20)9-10-19(26)24(3)12-15-11-21-25(4)13-15/h5-8,11,13-14H,9-10,12H2,1-4H3. The summed E-state index contributed by atoms with van der Waals surface area (Å²) in [5.41, 5.74) is 3.18. The third kappa shape index (κ3) is 4.81. The molecule has 0 aliphatic heterocycles. The summed E-state index contributed by atoms with van der Waals surface area (Å²) in [7, 11) is 3.64. The first-order chi connectivity index (χ1) is 12.9. The second-order valence-electron chi connectivity index (χ2n) is 7.06. The van der Waals surface area contributed by atoms with Gasteiger partial charge in [-0.15, -0.1) is 0 Å². The van der Waals surface area contributed by atoms with Crippen LogP contribution in [0.25, 0.3) is 11.4 Å². The number of benzene rings is 1. The van der Waals surface area contributed by atoms with Crippen LogP contribution in [-0.2, 0) is 24.8 Å². The van der Waals surface area contributed by atoms with Crippen LogP contribution in [0, 0.1) is 0 Å². The maximum absolute atomic E-state index is 12.3. The van der Waals surface area contributed by atoms with Gasteiger partial charge >= 0.3 is 0 Å². The van der Waals surface area contributed by atoms with Gasteiger partial charge in [-0.25, -0.2) is 0 Å². The molecule has 0 spiro atoms. The molecule has 1 amide bonds. The Morgan fingerprint density at radius 3 is 2.63 bits per heavy atom. The fourth-order valence-corrected chi connectivity index (χ4v) is 2.81. The topological polar surface area (TPSA) is 77.0 Å². The Bertz CT molecular complexity index is 895. The van der Waals surface area contributed by atoms with E-state index in [2.05, 4.69) is 41.2 Å². The first kappa shape index (κ1) is 18.8. The van der Waals surface area contributed by atoms with E-state index in [1.807, 2.05) is 25.4 Å². The molecule has 7 nitrogen and oxygen atoms in total. The summed E-state index contributed by atoms with van der Waals surface area (Å²) in [6.45, 7) is 4.84. The van der Waals surface area contributed by atoms with Crippen molar-refractivity contribution < 1.29 is 9.32 Å². The Kier molecular flexibility index (Phi) is 5.69. The minimum absolute atomic E-state index is 0.0277. The van der Waals surface area contributed by atoms with Gasteiger partial charge in [0.15, 0.2) is 0 Å². The van der Waals surface area contributed by atoms with Gasteiger partial charge in [0.25, 0.3) is 0 Å². The molecular formula is C20H25N5O2. The lowest BCUT2D eigenvalue weighted by atomic mass is 10.0. The molecule has 2 aromatic heterocycles. The lowest BCUT2D eigenvalue weighted by Crippen LogP contribution is -2.26. The molecule has 0 unspecified atom stereocenters. The quantitative estimate of drug-likeness (QED) is 0.641. The zero-order valence-electron chi connectivity index (χ0n) is 16.2. The monoisotopic (exact) mass is 367 g/mol. The number of hydrogen-bond donors (Lipinski definition) is 0. The second-order valence-corrected chi connectivity index (χ2v) is 7.06. The molecule has 3 aromatic rings. The van der Waals surface area contributed by atoms with Crippen molar-refractivity contribution in [1.82, 2.24) is 24.8 Å². The average molecular weight is 367 g/mol. The number of carbonyl (C=O) groups excluding carboxylic acids is 1.